The topological polar surface area (TPSA) is 45.0 Å². The van der Waals surface area contributed by atoms with Crippen molar-refractivity contribution in [2.75, 3.05) is 14.2 Å². The number of alkyl halides is 3. The van der Waals surface area contributed by atoms with Crippen molar-refractivity contribution >= 4 is 5.70 Å². The number of hydrogen-bond donors (Lipinski definition) is 1. The second-order valence-electron chi connectivity index (χ2n) is 5.57. The van der Waals surface area contributed by atoms with Gasteiger partial charge in [0, 0.05) is 18.3 Å². The summed E-state index contributed by atoms with van der Waals surface area (Å²) in [6, 6.07) is 11.1. The Labute approximate surface area is 151 Å². The van der Waals surface area contributed by atoms with Crippen LogP contribution in [0.1, 0.15) is 27.8 Å². The van der Waals surface area contributed by atoms with E-state index >= 15 is 0 Å². The van der Waals surface area contributed by atoms with Crippen LogP contribution in [0.2, 0.25) is 0 Å². The van der Waals surface area contributed by atoms with Crippen molar-refractivity contribution < 1.29 is 17.9 Å². The van der Waals surface area contributed by atoms with Gasteiger partial charge in [-0.25, -0.2) is 0 Å². The van der Waals surface area contributed by atoms with Gasteiger partial charge >= 0.3 is 6.18 Å². The van der Waals surface area contributed by atoms with Crippen LogP contribution >= 0.6 is 0 Å². The highest BCUT2D eigenvalue weighted by Gasteiger charge is 2.33. The number of methoxy groups -OCH3 is 1. The standard InChI is InChI=1S/C11H15NO.C9H6F3N/c1-8-5-6-10(13-4)7-11(8)9(2)12-3;1-6-2-3-7(5-13)8(4-6)9(10,11)12/h5-7,12H,2H2,1,3-4H3;2-4H,1H3. The van der Waals surface area contributed by atoms with Crippen molar-refractivity contribution in [3.8, 4) is 11.8 Å². The Balaban J connectivity index is 0.000000260. The molecule has 1 N–H and O–H groups in total. The van der Waals surface area contributed by atoms with Crippen molar-refractivity contribution in [3.05, 3.63) is 70.8 Å². The van der Waals surface area contributed by atoms with Crippen LogP contribution < -0.4 is 10.1 Å². The molecule has 0 spiro atoms. The highest BCUT2D eigenvalue weighted by Crippen LogP contribution is 2.32. The Morgan fingerprint density at radius 3 is 2.31 bits per heavy atom. The van der Waals surface area contributed by atoms with Crippen LogP contribution in [-0.4, -0.2) is 14.2 Å². The number of aryl methyl sites for hydroxylation is 2. The molecule has 0 heterocycles. The van der Waals surface area contributed by atoms with E-state index in [4.69, 9.17) is 10.00 Å². The summed E-state index contributed by atoms with van der Waals surface area (Å²) in [6.07, 6.45) is -4.45. The lowest BCUT2D eigenvalue weighted by Crippen LogP contribution is -2.07. The highest BCUT2D eigenvalue weighted by atomic mass is 19.4. The van der Waals surface area contributed by atoms with Gasteiger partial charge in [-0.15, -0.1) is 0 Å². The van der Waals surface area contributed by atoms with Gasteiger partial charge in [0.25, 0.3) is 0 Å². The second-order valence-corrected chi connectivity index (χ2v) is 5.57. The van der Waals surface area contributed by atoms with E-state index in [0.717, 1.165) is 23.1 Å². The van der Waals surface area contributed by atoms with Gasteiger partial charge in [-0.1, -0.05) is 24.3 Å². The first-order chi connectivity index (χ1) is 12.1. The largest absolute Gasteiger partial charge is 0.497 e. The number of hydrogen-bond acceptors (Lipinski definition) is 3. The molecule has 3 nitrogen and oxygen atoms in total. The summed E-state index contributed by atoms with van der Waals surface area (Å²) in [7, 11) is 3.53. The van der Waals surface area contributed by atoms with Gasteiger partial charge in [-0.3, -0.25) is 0 Å². The molecule has 6 heteroatoms. The van der Waals surface area contributed by atoms with Crippen LogP contribution in [0, 0.1) is 25.2 Å². The Morgan fingerprint density at radius 1 is 1.15 bits per heavy atom. The summed E-state index contributed by atoms with van der Waals surface area (Å²) in [6.45, 7) is 7.52. The maximum absolute atomic E-state index is 12.3. The SMILES string of the molecule is C=C(NC)c1cc(OC)ccc1C.Cc1ccc(C#N)c(C(F)(F)F)c1. The third kappa shape index (κ3) is 5.55. The molecular formula is C20H21F3N2O. The van der Waals surface area contributed by atoms with Gasteiger partial charge in [0.15, 0.2) is 0 Å². The molecule has 0 aromatic heterocycles. The minimum absolute atomic E-state index is 0.335. The van der Waals surface area contributed by atoms with E-state index in [2.05, 4.69) is 18.8 Å². The lowest BCUT2D eigenvalue weighted by Gasteiger charge is -2.10. The summed E-state index contributed by atoms with van der Waals surface area (Å²) < 4.78 is 41.9. The lowest BCUT2D eigenvalue weighted by atomic mass is 10.1. The predicted octanol–water partition coefficient (Wildman–Crippen LogP) is 5.08. The van der Waals surface area contributed by atoms with Crippen LogP contribution in [0.5, 0.6) is 5.75 Å². The maximum Gasteiger partial charge on any atom is 0.417 e. The van der Waals surface area contributed by atoms with Crippen LogP contribution in [0.25, 0.3) is 5.70 Å². The molecule has 26 heavy (non-hydrogen) atoms. The fraction of sp³-hybridized carbons (Fsp3) is 0.250. The molecule has 0 unspecified atom stereocenters. The first-order valence-corrected chi connectivity index (χ1v) is 7.73. The van der Waals surface area contributed by atoms with Crippen molar-refractivity contribution in [1.29, 1.82) is 5.26 Å². The Bertz CT molecular complexity index is 821. The average Bonchev–Trinajstić information content (AvgIpc) is 2.61. The van der Waals surface area contributed by atoms with E-state index < -0.39 is 11.7 Å². The molecule has 2 rings (SSSR count). The number of nitriles is 1. The molecule has 0 aliphatic carbocycles. The van der Waals surface area contributed by atoms with Gasteiger partial charge in [-0.05, 0) is 43.7 Å². The first-order valence-electron chi connectivity index (χ1n) is 7.73. The molecule has 0 fully saturated rings. The molecule has 0 bridgehead atoms. The molecule has 0 aliphatic rings. The number of benzene rings is 2. The lowest BCUT2D eigenvalue weighted by molar-refractivity contribution is -0.137. The van der Waals surface area contributed by atoms with Gasteiger partial charge in [0.05, 0.1) is 24.3 Å². The molecule has 2 aromatic carbocycles. The maximum atomic E-state index is 12.3. The van der Waals surface area contributed by atoms with Crippen LogP contribution in [0.15, 0.2) is 43.0 Å². The molecule has 0 amide bonds. The summed E-state index contributed by atoms with van der Waals surface area (Å²) in [5.74, 6) is 0.858. The molecule has 2 aromatic rings. The molecular weight excluding hydrogens is 341 g/mol. The smallest absolute Gasteiger partial charge is 0.417 e. The number of halogens is 3. The van der Waals surface area contributed by atoms with Crippen LogP contribution in [-0.2, 0) is 6.18 Å². The minimum Gasteiger partial charge on any atom is -0.497 e. The molecule has 0 atom stereocenters. The summed E-state index contributed by atoms with van der Waals surface area (Å²) in [5.41, 5.74) is 2.50. The molecule has 0 saturated carbocycles. The monoisotopic (exact) mass is 362 g/mol. The van der Waals surface area contributed by atoms with Crippen molar-refractivity contribution in [2.24, 2.45) is 0 Å². The van der Waals surface area contributed by atoms with Gasteiger partial charge in [0.1, 0.15) is 5.75 Å². The zero-order chi connectivity index (χ0) is 19.9. The fourth-order valence-corrected chi connectivity index (χ4v) is 2.18. The van der Waals surface area contributed by atoms with Crippen molar-refractivity contribution in [2.45, 2.75) is 20.0 Å². The van der Waals surface area contributed by atoms with E-state index in [0.29, 0.717) is 5.56 Å². The Hall–Kier alpha value is -2.94. The molecule has 0 saturated heterocycles. The van der Waals surface area contributed by atoms with Gasteiger partial charge in [0.2, 0.25) is 0 Å². The van der Waals surface area contributed by atoms with Gasteiger partial charge < -0.3 is 10.1 Å². The number of rotatable bonds is 3. The summed E-state index contributed by atoms with van der Waals surface area (Å²) >= 11 is 0. The van der Waals surface area contributed by atoms with E-state index in [1.54, 1.807) is 14.0 Å². The van der Waals surface area contributed by atoms with Crippen LogP contribution in [0.3, 0.4) is 0 Å². The fourth-order valence-electron chi connectivity index (χ4n) is 2.18. The quantitative estimate of drug-likeness (QED) is 0.828. The third-order valence-corrected chi connectivity index (χ3v) is 3.67. The average molecular weight is 362 g/mol. The summed E-state index contributed by atoms with van der Waals surface area (Å²) in [5, 5.41) is 11.4. The first kappa shape index (κ1) is 21.1. The minimum atomic E-state index is -4.45. The second kappa shape index (κ2) is 8.95. The number of nitrogens with zero attached hydrogens (tertiary/aromatic N) is 1. The van der Waals surface area contributed by atoms with Crippen LogP contribution in [0.4, 0.5) is 13.2 Å². The zero-order valence-electron chi connectivity index (χ0n) is 15.2. The molecule has 0 radical (unpaired) electrons. The Morgan fingerprint density at radius 2 is 1.81 bits per heavy atom. The molecule has 138 valence electrons. The number of nitrogens with one attached hydrogen (secondary N) is 1. The highest BCUT2D eigenvalue weighted by molar-refractivity contribution is 5.65. The normalized spacial score (nSPS) is 10.2. The predicted molar refractivity (Wildman–Crippen MR) is 96.7 cm³/mol. The van der Waals surface area contributed by atoms with E-state index in [9.17, 15) is 13.2 Å². The van der Waals surface area contributed by atoms with E-state index in [-0.39, 0.29) is 5.56 Å². The number of ether oxygens (including phenoxy) is 1. The van der Waals surface area contributed by atoms with Gasteiger partial charge in [-0.2, -0.15) is 18.4 Å². The third-order valence-electron chi connectivity index (χ3n) is 3.67. The zero-order valence-corrected chi connectivity index (χ0v) is 15.2. The molecule has 0 aliphatic heterocycles. The van der Waals surface area contributed by atoms with Crippen molar-refractivity contribution in [3.63, 3.8) is 0 Å². The van der Waals surface area contributed by atoms with E-state index in [1.807, 2.05) is 25.2 Å². The van der Waals surface area contributed by atoms with E-state index in [1.165, 1.54) is 23.8 Å². The Kier molecular flexibility index (Phi) is 7.27. The summed E-state index contributed by atoms with van der Waals surface area (Å²) in [4.78, 5) is 0. The van der Waals surface area contributed by atoms with Crippen molar-refractivity contribution in [1.82, 2.24) is 5.32 Å².